The van der Waals surface area contributed by atoms with Crippen molar-refractivity contribution in [2.75, 3.05) is 38.3 Å². The van der Waals surface area contributed by atoms with Gasteiger partial charge in [0.25, 0.3) is 5.91 Å². The molecule has 1 atom stereocenters. The van der Waals surface area contributed by atoms with Gasteiger partial charge in [-0.15, -0.1) is 0 Å². The van der Waals surface area contributed by atoms with Gasteiger partial charge < -0.3 is 20.1 Å². The number of anilines is 1. The Labute approximate surface area is 163 Å². The van der Waals surface area contributed by atoms with Crippen molar-refractivity contribution in [3.05, 3.63) is 53.6 Å². The van der Waals surface area contributed by atoms with Crippen LogP contribution < -0.4 is 25.0 Å². The summed E-state index contributed by atoms with van der Waals surface area (Å²) in [5.41, 5.74) is 2.35. The van der Waals surface area contributed by atoms with Crippen LogP contribution in [0, 0.1) is 5.92 Å². The first-order chi connectivity index (χ1) is 13.7. The number of para-hydroxylation sites is 1. The van der Waals surface area contributed by atoms with Crippen LogP contribution in [0.4, 0.5) is 10.5 Å². The Morgan fingerprint density at radius 2 is 2.18 bits per heavy atom. The van der Waals surface area contributed by atoms with Crippen molar-refractivity contribution >= 4 is 17.6 Å². The highest BCUT2D eigenvalue weighted by Crippen LogP contribution is 2.35. The molecule has 2 aliphatic heterocycles. The number of methoxy groups -OCH3 is 1. The monoisotopic (exact) mass is 381 g/mol. The fraction of sp³-hybridized carbons (Fsp3) is 0.333. The van der Waals surface area contributed by atoms with E-state index in [0.717, 1.165) is 29.2 Å². The number of fused-ring (bicyclic) bond motifs is 1. The number of benzene rings is 2. The minimum Gasteiger partial charge on any atom is -0.493 e. The number of carbonyl (C=O) groups is 2. The van der Waals surface area contributed by atoms with E-state index in [2.05, 4.69) is 10.6 Å². The maximum atomic E-state index is 12.6. The Kier molecular flexibility index (Phi) is 5.06. The third kappa shape index (κ3) is 3.60. The molecule has 4 rings (SSSR count). The first-order valence-corrected chi connectivity index (χ1v) is 9.38. The van der Waals surface area contributed by atoms with Crippen molar-refractivity contribution in [2.45, 2.75) is 6.42 Å². The highest BCUT2D eigenvalue weighted by molar-refractivity contribution is 5.98. The molecule has 2 aromatic rings. The smallest absolute Gasteiger partial charge is 0.321 e. The lowest BCUT2D eigenvalue weighted by Gasteiger charge is -2.26. The molecule has 28 heavy (non-hydrogen) atoms. The zero-order valence-corrected chi connectivity index (χ0v) is 15.7. The highest BCUT2D eigenvalue weighted by Gasteiger charge is 2.24. The SMILES string of the molecule is COc1cccc2c1OCC(CNC(=O)c1cccc(N3CCNC3=O)c1)C2. The van der Waals surface area contributed by atoms with E-state index in [-0.39, 0.29) is 17.9 Å². The minimum atomic E-state index is -0.155. The fourth-order valence-electron chi connectivity index (χ4n) is 3.62. The van der Waals surface area contributed by atoms with Crippen molar-refractivity contribution in [3.63, 3.8) is 0 Å². The van der Waals surface area contributed by atoms with Crippen LogP contribution in [-0.4, -0.2) is 45.3 Å². The van der Waals surface area contributed by atoms with E-state index >= 15 is 0 Å². The third-order valence-corrected chi connectivity index (χ3v) is 5.08. The first-order valence-electron chi connectivity index (χ1n) is 9.38. The molecular weight excluding hydrogens is 358 g/mol. The van der Waals surface area contributed by atoms with Crippen LogP contribution in [0.1, 0.15) is 15.9 Å². The van der Waals surface area contributed by atoms with E-state index in [9.17, 15) is 9.59 Å². The van der Waals surface area contributed by atoms with E-state index in [4.69, 9.17) is 9.47 Å². The standard InChI is InChI=1S/C21H23N3O4/c1-27-18-7-3-4-15-10-14(13-28-19(15)18)12-23-20(25)16-5-2-6-17(11-16)24-9-8-22-21(24)26/h2-7,11,14H,8-10,12-13H2,1H3,(H,22,26)(H,23,25). The molecule has 0 radical (unpaired) electrons. The number of hydrogen-bond donors (Lipinski definition) is 2. The molecule has 1 saturated heterocycles. The lowest BCUT2D eigenvalue weighted by atomic mass is 9.96. The minimum absolute atomic E-state index is 0.133. The molecule has 146 valence electrons. The molecule has 0 bridgehead atoms. The van der Waals surface area contributed by atoms with E-state index < -0.39 is 0 Å². The number of amides is 3. The van der Waals surface area contributed by atoms with Crippen LogP contribution in [-0.2, 0) is 6.42 Å². The van der Waals surface area contributed by atoms with Crippen molar-refractivity contribution in [1.82, 2.24) is 10.6 Å². The summed E-state index contributed by atoms with van der Waals surface area (Å²) in [6, 6.07) is 12.9. The van der Waals surface area contributed by atoms with Gasteiger partial charge >= 0.3 is 6.03 Å². The third-order valence-electron chi connectivity index (χ3n) is 5.08. The van der Waals surface area contributed by atoms with Crippen molar-refractivity contribution in [1.29, 1.82) is 0 Å². The Morgan fingerprint density at radius 3 is 2.96 bits per heavy atom. The number of hydrogen-bond acceptors (Lipinski definition) is 4. The molecule has 0 aromatic heterocycles. The van der Waals surface area contributed by atoms with Gasteiger partial charge in [-0.1, -0.05) is 18.2 Å². The predicted molar refractivity (Wildman–Crippen MR) is 105 cm³/mol. The number of urea groups is 1. The molecule has 1 unspecified atom stereocenters. The second-order valence-electron chi connectivity index (χ2n) is 6.97. The molecular formula is C21H23N3O4. The van der Waals surface area contributed by atoms with Crippen LogP contribution >= 0.6 is 0 Å². The first kappa shape index (κ1) is 18.2. The number of nitrogens with one attached hydrogen (secondary N) is 2. The molecule has 2 N–H and O–H groups in total. The normalized spacial score (nSPS) is 18.1. The second-order valence-corrected chi connectivity index (χ2v) is 6.97. The van der Waals surface area contributed by atoms with Gasteiger partial charge in [-0.3, -0.25) is 9.69 Å². The van der Waals surface area contributed by atoms with Crippen molar-refractivity contribution < 1.29 is 19.1 Å². The molecule has 7 nitrogen and oxygen atoms in total. The molecule has 0 spiro atoms. The summed E-state index contributed by atoms with van der Waals surface area (Å²) in [7, 11) is 1.63. The molecule has 1 fully saturated rings. The summed E-state index contributed by atoms with van der Waals surface area (Å²) in [5.74, 6) is 1.57. The average Bonchev–Trinajstić information content (AvgIpc) is 3.17. The molecule has 3 amide bonds. The summed E-state index contributed by atoms with van der Waals surface area (Å²) in [6.45, 7) is 2.26. The van der Waals surface area contributed by atoms with E-state index in [1.54, 1.807) is 30.2 Å². The largest absolute Gasteiger partial charge is 0.493 e. The van der Waals surface area contributed by atoms with Gasteiger partial charge in [0.1, 0.15) is 0 Å². The second kappa shape index (κ2) is 7.80. The lowest BCUT2D eigenvalue weighted by Crippen LogP contribution is -2.35. The Morgan fingerprint density at radius 1 is 1.32 bits per heavy atom. The number of carbonyl (C=O) groups excluding carboxylic acids is 2. The molecule has 2 heterocycles. The van der Waals surface area contributed by atoms with Crippen molar-refractivity contribution in [2.24, 2.45) is 5.92 Å². The van der Waals surface area contributed by atoms with Crippen molar-refractivity contribution in [3.8, 4) is 11.5 Å². The highest BCUT2D eigenvalue weighted by atomic mass is 16.5. The van der Waals surface area contributed by atoms with Gasteiger partial charge in [0.2, 0.25) is 0 Å². The maximum absolute atomic E-state index is 12.6. The van der Waals surface area contributed by atoms with E-state index in [0.29, 0.717) is 31.8 Å². The molecule has 0 saturated carbocycles. The zero-order chi connectivity index (χ0) is 19.5. The molecule has 7 heteroatoms. The fourth-order valence-corrected chi connectivity index (χ4v) is 3.62. The Hall–Kier alpha value is -3.22. The Balaban J connectivity index is 1.38. The van der Waals surface area contributed by atoms with E-state index in [1.807, 2.05) is 24.3 Å². The zero-order valence-electron chi connectivity index (χ0n) is 15.7. The van der Waals surface area contributed by atoms with Crippen LogP contribution in [0.2, 0.25) is 0 Å². The molecule has 2 aliphatic rings. The number of nitrogens with zero attached hydrogens (tertiary/aromatic N) is 1. The molecule has 0 aliphatic carbocycles. The van der Waals surface area contributed by atoms with Gasteiger partial charge in [0.15, 0.2) is 11.5 Å². The van der Waals surface area contributed by atoms with Crippen LogP contribution in [0.15, 0.2) is 42.5 Å². The Bertz CT molecular complexity index is 899. The lowest BCUT2D eigenvalue weighted by molar-refractivity contribution is 0.0938. The summed E-state index contributed by atoms with van der Waals surface area (Å²) >= 11 is 0. The van der Waals surface area contributed by atoms with Crippen LogP contribution in [0.25, 0.3) is 0 Å². The quantitative estimate of drug-likeness (QED) is 0.832. The van der Waals surface area contributed by atoms with Gasteiger partial charge in [0.05, 0.1) is 13.7 Å². The molecule has 2 aromatic carbocycles. The maximum Gasteiger partial charge on any atom is 0.321 e. The van der Waals surface area contributed by atoms with Crippen LogP contribution in [0.5, 0.6) is 11.5 Å². The summed E-state index contributed by atoms with van der Waals surface area (Å²) in [4.78, 5) is 26.1. The number of rotatable bonds is 5. The average molecular weight is 381 g/mol. The summed E-state index contributed by atoms with van der Waals surface area (Å²) in [5, 5.41) is 5.75. The van der Waals surface area contributed by atoms with Gasteiger partial charge in [-0.25, -0.2) is 4.79 Å². The van der Waals surface area contributed by atoms with E-state index in [1.165, 1.54) is 0 Å². The van der Waals surface area contributed by atoms with Gasteiger partial charge in [0, 0.05) is 36.8 Å². The number of ether oxygens (including phenoxy) is 2. The van der Waals surface area contributed by atoms with Gasteiger partial charge in [-0.2, -0.15) is 0 Å². The van der Waals surface area contributed by atoms with Gasteiger partial charge in [-0.05, 0) is 36.2 Å². The topological polar surface area (TPSA) is 79.9 Å². The predicted octanol–water partition coefficient (Wildman–Crippen LogP) is 2.21. The van der Waals surface area contributed by atoms with Crippen LogP contribution in [0.3, 0.4) is 0 Å². The summed E-state index contributed by atoms with van der Waals surface area (Å²) in [6.07, 6.45) is 0.820. The summed E-state index contributed by atoms with van der Waals surface area (Å²) < 4.78 is 11.2.